The third kappa shape index (κ3) is 4.52. The number of nitrogens with one attached hydrogen (secondary N) is 2. The van der Waals surface area contributed by atoms with Crippen molar-refractivity contribution in [2.24, 2.45) is 0 Å². The highest BCUT2D eigenvalue weighted by molar-refractivity contribution is 6.30. The van der Waals surface area contributed by atoms with Crippen LogP contribution in [0.4, 0.5) is 11.4 Å². The minimum atomic E-state index is -0.636. The van der Waals surface area contributed by atoms with Crippen molar-refractivity contribution >= 4 is 34.8 Å². The molecular formula is C26H25ClN2O4. The van der Waals surface area contributed by atoms with Gasteiger partial charge in [0.1, 0.15) is 11.5 Å². The Morgan fingerprint density at radius 1 is 0.848 bits per heavy atom. The van der Waals surface area contributed by atoms with Crippen molar-refractivity contribution in [3.05, 3.63) is 82.9 Å². The van der Waals surface area contributed by atoms with Gasteiger partial charge in [0, 0.05) is 22.7 Å². The van der Waals surface area contributed by atoms with Gasteiger partial charge in [-0.15, -0.1) is 0 Å². The van der Waals surface area contributed by atoms with Gasteiger partial charge in [0.05, 0.1) is 31.0 Å². The summed E-state index contributed by atoms with van der Waals surface area (Å²) >= 11 is 6.18. The van der Waals surface area contributed by atoms with Crippen LogP contribution in [0.15, 0.2) is 66.7 Å². The van der Waals surface area contributed by atoms with E-state index in [2.05, 4.69) is 10.6 Å². The minimum Gasteiger partial charge on any atom is -0.494 e. The summed E-state index contributed by atoms with van der Waals surface area (Å²) in [6, 6.07) is 19.6. The first-order chi connectivity index (χ1) is 16.0. The summed E-state index contributed by atoms with van der Waals surface area (Å²) in [5.41, 5.74) is 1.68. The number of benzene rings is 3. The van der Waals surface area contributed by atoms with Crippen molar-refractivity contribution in [1.82, 2.24) is 0 Å². The van der Waals surface area contributed by atoms with Gasteiger partial charge < -0.3 is 20.1 Å². The van der Waals surface area contributed by atoms with Crippen LogP contribution in [0, 0.1) is 0 Å². The minimum absolute atomic E-state index is 0.127. The van der Waals surface area contributed by atoms with Gasteiger partial charge in [0.2, 0.25) is 5.91 Å². The second-order valence-electron chi connectivity index (χ2n) is 7.97. The van der Waals surface area contributed by atoms with Gasteiger partial charge in [-0.25, -0.2) is 0 Å². The zero-order valence-corrected chi connectivity index (χ0v) is 19.2. The van der Waals surface area contributed by atoms with Crippen LogP contribution in [-0.2, 0) is 10.2 Å². The zero-order valence-electron chi connectivity index (χ0n) is 18.5. The highest BCUT2D eigenvalue weighted by atomic mass is 35.5. The van der Waals surface area contributed by atoms with Crippen LogP contribution in [0.25, 0.3) is 0 Å². The smallest absolute Gasteiger partial charge is 0.255 e. The van der Waals surface area contributed by atoms with Crippen molar-refractivity contribution in [2.45, 2.75) is 24.7 Å². The van der Waals surface area contributed by atoms with E-state index in [0.717, 1.165) is 24.8 Å². The average Bonchev–Trinajstić information content (AvgIpc) is 2.79. The molecule has 33 heavy (non-hydrogen) atoms. The molecule has 0 radical (unpaired) electrons. The number of amides is 2. The summed E-state index contributed by atoms with van der Waals surface area (Å²) in [6.45, 7) is 0. The molecule has 7 heteroatoms. The first kappa shape index (κ1) is 22.7. The van der Waals surface area contributed by atoms with Crippen LogP contribution >= 0.6 is 11.6 Å². The van der Waals surface area contributed by atoms with E-state index in [4.69, 9.17) is 21.1 Å². The molecule has 1 saturated carbocycles. The van der Waals surface area contributed by atoms with E-state index in [9.17, 15) is 9.59 Å². The molecule has 2 N–H and O–H groups in total. The SMILES string of the molecule is COc1cc(NC(=O)C2(c3cccc(Cl)c3)CCC2)c(OC)cc1NC(=O)c1ccccc1. The molecule has 2 amide bonds. The molecule has 4 rings (SSSR count). The highest BCUT2D eigenvalue weighted by Gasteiger charge is 2.46. The summed E-state index contributed by atoms with van der Waals surface area (Å²) in [5.74, 6) is 0.411. The molecule has 3 aromatic carbocycles. The largest absolute Gasteiger partial charge is 0.494 e. The highest BCUT2D eigenvalue weighted by Crippen LogP contribution is 2.46. The maximum atomic E-state index is 13.4. The Balaban J connectivity index is 1.61. The quantitative estimate of drug-likeness (QED) is 0.472. The average molecular weight is 465 g/mol. The van der Waals surface area contributed by atoms with Gasteiger partial charge in [-0.05, 0) is 42.7 Å². The molecule has 0 atom stereocenters. The van der Waals surface area contributed by atoms with Crippen LogP contribution in [0.5, 0.6) is 11.5 Å². The van der Waals surface area contributed by atoms with Crippen LogP contribution < -0.4 is 20.1 Å². The molecule has 3 aromatic rings. The first-order valence-corrected chi connectivity index (χ1v) is 11.0. The molecule has 170 valence electrons. The fourth-order valence-corrected chi connectivity index (χ4v) is 4.27. The van der Waals surface area contributed by atoms with Gasteiger partial charge in [0.25, 0.3) is 5.91 Å². The predicted octanol–water partition coefficient (Wildman–Crippen LogP) is 5.67. The molecule has 0 aliphatic heterocycles. The van der Waals surface area contributed by atoms with E-state index in [1.165, 1.54) is 14.2 Å². The first-order valence-electron chi connectivity index (χ1n) is 10.7. The van der Waals surface area contributed by atoms with Crippen molar-refractivity contribution in [1.29, 1.82) is 0 Å². The number of methoxy groups -OCH3 is 2. The molecule has 1 aliphatic carbocycles. The number of anilines is 2. The summed E-state index contributed by atoms with van der Waals surface area (Å²) in [4.78, 5) is 26.0. The third-order valence-electron chi connectivity index (χ3n) is 6.07. The Hall–Kier alpha value is -3.51. The summed E-state index contributed by atoms with van der Waals surface area (Å²) in [6.07, 6.45) is 2.44. The van der Waals surface area contributed by atoms with Crippen LogP contribution in [0.1, 0.15) is 35.2 Å². The van der Waals surface area contributed by atoms with Crippen molar-refractivity contribution < 1.29 is 19.1 Å². The van der Waals surface area contributed by atoms with Crippen molar-refractivity contribution in [3.63, 3.8) is 0 Å². The lowest BCUT2D eigenvalue weighted by molar-refractivity contribution is -0.124. The van der Waals surface area contributed by atoms with Crippen LogP contribution in [0.3, 0.4) is 0 Å². The fourth-order valence-electron chi connectivity index (χ4n) is 4.08. The molecule has 1 aliphatic rings. The fraction of sp³-hybridized carbons (Fsp3) is 0.231. The molecular weight excluding hydrogens is 440 g/mol. The molecule has 6 nitrogen and oxygen atoms in total. The molecule has 1 fully saturated rings. The van der Waals surface area contributed by atoms with Crippen LogP contribution in [-0.4, -0.2) is 26.0 Å². The number of hydrogen-bond donors (Lipinski definition) is 2. The Labute approximate surface area is 197 Å². The lowest BCUT2D eigenvalue weighted by atomic mass is 9.64. The lowest BCUT2D eigenvalue weighted by Crippen LogP contribution is -2.46. The maximum absolute atomic E-state index is 13.4. The predicted molar refractivity (Wildman–Crippen MR) is 130 cm³/mol. The summed E-state index contributed by atoms with van der Waals surface area (Å²) in [7, 11) is 3.02. The number of ether oxygens (including phenoxy) is 2. The van der Waals surface area contributed by atoms with Gasteiger partial charge in [0.15, 0.2) is 0 Å². The van der Waals surface area contributed by atoms with Gasteiger partial charge >= 0.3 is 0 Å². The second-order valence-corrected chi connectivity index (χ2v) is 8.41. The molecule has 0 unspecified atom stereocenters. The number of halogens is 1. The molecule has 0 spiro atoms. The van der Waals surface area contributed by atoms with E-state index >= 15 is 0 Å². The Morgan fingerprint density at radius 2 is 1.48 bits per heavy atom. The zero-order chi connectivity index (χ0) is 23.4. The topological polar surface area (TPSA) is 76.7 Å². The Bertz CT molecular complexity index is 1180. The summed E-state index contributed by atoms with van der Waals surface area (Å²) < 4.78 is 11.0. The Morgan fingerprint density at radius 3 is 2.03 bits per heavy atom. The van der Waals surface area contributed by atoms with Crippen molar-refractivity contribution in [3.8, 4) is 11.5 Å². The lowest BCUT2D eigenvalue weighted by Gasteiger charge is -2.41. The molecule has 0 bridgehead atoms. The summed E-state index contributed by atoms with van der Waals surface area (Å²) in [5, 5.41) is 6.46. The molecule has 0 saturated heterocycles. The van der Waals surface area contributed by atoms with Crippen molar-refractivity contribution in [2.75, 3.05) is 24.9 Å². The van der Waals surface area contributed by atoms with Crippen LogP contribution in [0.2, 0.25) is 5.02 Å². The number of carbonyl (C=O) groups is 2. The van der Waals surface area contributed by atoms with E-state index < -0.39 is 5.41 Å². The molecule has 0 heterocycles. The third-order valence-corrected chi connectivity index (χ3v) is 6.31. The maximum Gasteiger partial charge on any atom is 0.255 e. The van der Waals surface area contributed by atoms with Gasteiger partial charge in [-0.2, -0.15) is 0 Å². The Kier molecular flexibility index (Phi) is 6.56. The van der Waals surface area contributed by atoms with E-state index in [1.807, 2.05) is 24.3 Å². The molecule has 0 aromatic heterocycles. The normalized spacial score (nSPS) is 14.0. The standard InChI is InChI=1S/C26H25ClN2O4/c1-32-22-16-21(23(33-2)15-20(22)28-24(30)17-8-4-3-5-9-17)29-25(31)26(12-7-13-26)18-10-6-11-19(27)14-18/h3-6,8-11,14-16H,7,12-13H2,1-2H3,(H,28,30)(H,29,31). The van der Waals surface area contributed by atoms with E-state index in [1.54, 1.807) is 42.5 Å². The van der Waals surface area contributed by atoms with Gasteiger partial charge in [-0.1, -0.05) is 48.4 Å². The number of carbonyl (C=O) groups excluding carboxylic acids is 2. The monoisotopic (exact) mass is 464 g/mol. The van der Waals surface area contributed by atoms with Gasteiger partial charge in [-0.3, -0.25) is 9.59 Å². The van der Waals surface area contributed by atoms with E-state index in [-0.39, 0.29) is 11.8 Å². The second kappa shape index (κ2) is 9.55. The van der Waals surface area contributed by atoms with E-state index in [0.29, 0.717) is 33.5 Å². The number of rotatable bonds is 7. The number of hydrogen-bond acceptors (Lipinski definition) is 4.